The average molecular weight is 444 g/mol. The number of ether oxygens (including phenoxy) is 2. The molecule has 2 N–H and O–H groups in total. The van der Waals surface area contributed by atoms with E-state index in [1.165, 1.54) is 11.3 Å². The number of hydrogen-bond acceptors (Lipinski definition) is 5. The van der Waals surface area contributed by atoms with Gasteiger partial charge >= 0.3 is 5.97 Å². The third-order valence-corrected chi connectivity index (χ3v) is 6.59. The van der Waals surface area contributed by atoms with E-state index in [9.17, 15) is 14.7 Å². The van der Waals surface area contributed by atoms with Gasteiger partial charge in [-0.05, 0) is 23.8 Å². The van der Waals surface area contributed by atoms with Crippen LogP contribution in [-0.4, -0.2) is 31.2 Å². The molecular weight excluding hydrogens is 426 g/mol. The first-order valence-electron chi connectivity index (χ1n) is 9.10. The zero-order valence-electron chi connectivity index (χ0n) is 16.2. The zero-order valence-corrected chi connectivity index (χ0v) is 17.8. The number of methoxy groups -OCH3 is 2. The van der Waals surface area contributed by atoms with Gasteiger partial charge in [0.2, 0.25) is 5.91 Å². The van der Waals surface area contributed by atoms with E-state index in [1.54, 1.807) is 50.6 Å². The summed E-state index contributed by atoms with van der Waals surface area (Å²) in [7, 11) is 3.12. The van der Waals surface area contributed by atoms with Gasteiger partial charge in [-0.2, -0.15) is 0 Å². The van der Waals surface area contributed by atoms with Gasteiger partial charge in [0.25, 0.3) is 0 Å². The summed E-state index contributed by atoms with van der Waals surface area (Å²) in [5.41, 5.74) is 2.50. The van der Waals surface area contributed by atoms with Crippen molar-refractivity contribution in [2.24, 2.45) is 0 Å². The number of anilines is 1. The second-order valence-electron chi connectivity index (χ2n) is 6.77. The third-order valence-electron chi connectivity index (χ3n) is 5.05. The van der Waals surface area contributed by atoms with Crippen LogP contribution in [-0.2, 0) is 4.79 Å². The molecule has 3 aromatic rings. The Labute approximate surface area is 182 Å². The highest BCUT2D eigenvalue weighted by Crippen LogP contribution is 2.51. The molecule has 1 atom stereocenters. The molecule has 1 aliphatic heterocycles. The Morgan fingerprint density at radius 2 is 1.90 bits per heavy atom. The SMILES string of the molecule is COc1ccc([C@H]2CC(=O)Nc3c2sc(C(=O)O)c3-c2ccc(Cl)cc2)c(OC)c1. The van der Waals surface area contributed by atoms with Gasteiger partial charge in [0, 0.05) is 39.4 Å². The van der Waals surface area contributed by atoms with Crippen LogP contribution in [0.25, 0.3) is 11.1 Å². The highest BCUT2D eigenvalue weighted by atomic mass is 35.5. The minimum Gasteiger partial charge on any atom is -0.497 e. The van der Waals surface area contributed by atoms with Gasteiger partial charge in [-0.3, -0.25) is 4.79 Å². The highest BCUT2D eigenvalue weighted by Gasteiger charge is 2.35. The Morgan fingerprint density at radius 1 is 1.17 bits per heavy atom. The van der Waals surface area contributed by atoms with Crippen LogP contribution in [0.3, 0.4) is 0 Å². The smallest absolute Gasteiger partial charge is 0.346 e. The van der Waals surface area contributed by atoms with Gasteiger partial charge in [-0.1, -0.05) is 29.8 Å². The molecular formula is C22H18ClNO5S. The summed E-state index contributed by atoms with van der Waals surface area (Å²) in [5, 5.41) is 13.3. The number of fused-ring (bicyclic) bond motifs is 1. The summed E-state index contributed by atoms with van der Waals surface area (Å²) in [4.78, 5) is 25.6. The second-order valence-corrected chi connectivity index (χ2v) is 8.26. The Balaban J connectivity index is 1.93. The fraction of sp³-hybridized carbons (Fsp3) is 0.182. The monoisotopic (exact) mass is 443 g/mol. The van der Waals surface area contributed by atoms with E-state index in [1.807, 2.05) is 6.07 Å². The molecule has 0 saturated carbocycles. The third kappa shape index (κ3) is 3.51. The molecule has 0 bridgehead atoms. The van der Waals surface area contributed by atoms with Gasteiger partial charge in [0.15, 0.2) is 0 Å². The molecule has 4 rings (SSSR count). The molecule has 0 saturated heterocycles. The maximum absolute atomic E-state index is 12.6. The second kappa shape index (κ2) is 8.01. The number of rotatable bonds is 5. The summed E-state index contributed by atoms with van der Waals surface area (Å²) in [5.74, 6) is -0.350. The molecule has 6 nitrogen and oxygen atoms in total. The Hall–Kier alpha value is -3.03. The van der Waals surface area contributed by atoms with E-state index in [2.05, 4.69) is 5.32 Å². The number of thiophene rings is 1. The number of halogens is 1. The van der Waals surface area contributed by atoms with Crippen LogP contribution in [0, 0.1) is 0 Å². The summed E-state index contributed by atoms with van der Waals surface area (Å²) in [6, 6.07) is 12.3. The van der Waals surface area contributed by atoms with E-state index in [0.717, 1.165) is 10.4 Å². The first-order valence-corrected chi connectivity index (χ1v) is 10.3. The average Bonchev–Trinajstić information content (AvgIpc) is 3.13. The van der Waals surface area contributed by atoms with Crippen LogP contribution in [0.1, 0.15) is 32.5 Å². The minimum absolute atomic E-state index is 0.169. The number of aromatic carboxylic acids is 1. The Bertz CT molecular complexity index is 1140. The molecule has 0 unspecified atom stereocenters. The van der Waals surface area contributed by atoms with Gasteiger partial charge in [-0.25, -0.2) is 4.79 Å². The molecule has 0 radical (unpaired) electrons. The van der Waals surface area contributed by atoms with Crippen LogP contribution >= 0.6 is 22.9 Å². The van der Waals surface area contributed by atoms with Crippen molar-refractivity contribution in [2.75, 3.05) is 19.5 Å². The molecule has 1 aliphatic rings. The summed E-state index contributed by atoms with van der Waals surface area (Å²) in [6.07, 6.45) is 0.190. The summed E-state index contributed by atoms with van der Waals surface area (Å²) < 4.78 is 10.8. The molecule has 8 heteroatoms. The number of carbonyl (C=O) groups is 2. The molecule has 2 heterocycles. The van der Waals surface area contributed by atoms with Crippen molar-refractivity contribution >= 4 is 40.5 Å². The van der Waals surface area contributed by atoms with Crippen LogP contribution in [0.5, 0.6) is 11.5 Å². The normalized spacial score (nSPS) is 15.3. The molecule has 0 fully saturated rings. The van der Waals surface area contributed by atoms with Crippen molar-refractivity contribution in [1.29, 1.82) is 0 Å². The van der Waals surface area contributed by atoms with Crippen molar-refractivity contribution in [3.63, 3.8) is 0 Å². The lowest BCUT2D eigenvalue weighted by molar-refractivity contribution is -0.116. The van der Waals surface area contributed by atoms with Crippen molar-refractivity contribution in [3.05, 3.63) is 62.8 Å². The summed E-state index contributed by atoms with van der Waals surface area (Å²) >= 11 is 7.16. The van der Waals surface area contributed by atoms with Crippen LogP contribution in [0.4, 0.5) is 5.69 Å². The maximum Gasteiger partial charge on any atom is 0.346 e. The summed E-state index contributed by atoms with van der Waals surface area (Å²) in [6.45, 7) is 0. The van der Waals surface area contributed by atoms with E-state index in [0.29, 0.717) is 33.3 Å². The zero-order chi connectivity index (χ0) is 21.4. The lowest BCUT2D eigenvalue weighted by Crippen LogP contribution is -2.22. The Kier molecular flexibility index (Phi) is 5.40. The van der Waals surface area contributed by atoms with E-state index in [4.69, 9.17) is 21.1 Å². The molecule has 1 aromatic heterocycles. The standard InChI is InChI=1S/C22H18ClNO5S/c1-28-13-7-8-14(16(9-13)29-2)15-10-17(25)24-19-18(11-3-5-12(23)6-4-11)21(22(26)27)30-20(15)19/h3-9,15H,10H2,1-2H3,(H,24,25)(H,26,27)/t15-/m1/s1. The first kappa shape index (κ1) is 20.3. The number of carbonyl (C=O) groups excluding carboxylic acids is 1. The lowest BCUT2D eigenvalue weighted by Gasteiger charge is -2.25. The van der Waals surface area contributed by atoms with Crippen molar-refractivity contribution in [3.8, 4) is 22.6 Å². The van der Waals surface area contributed by atoms with Crippen molar-refractivity contribution in [2.45, 2.75) is 12.3 Å². The van der Waals surface area contributed by atoms with Crippen LogP contribution in [0.2, 0.25) is 5.02 Å². The maximum atomic E-state index is 12.6. The quantitative estimate of drug-likeness (QED) is 0.562. The Morgan fingerprint density at radius 3 is 2.53 bits per heavy atom. The van der Waals surface area contributed by atoms with Gasteiger partial charge in [0.1, 0.15) is 16.4 Å². The largest absolute Gasteiger partial charge is 0.497 e. The minimum atomic E-state index is -1.05. The van der Waals surface area contributed by atoms with E-state index in [-0.39, 0.29) is 23.1 Å². The van der Waals surface area contributed by atoms with Crippen molar-refractivity contribution < 1.29 is 24.2 Å². The molecule has 0 spiro atoms. The number of amides is 1. The van der Waals surface area contributed by atoms with E-state index >= 15 is 0 Å². The van der Waals surface area contributed by atoms with Crippen molar-refractivity contribution in [1.82, 2.24) is 0 Å². The first-order chi connectivity index (χ1) is 14.4. The highest BCUT2D eigenvalue weighted by molar-refractivity contribution is 7.15. The predicted octanol–water partition coefficient (Wildman–Crippen LogP) is 5.26. The molecule has 2 aromatic carbocycles. The van der Waals surface area contributed by atoms with Crippen LogP contribution < -0.4 is 14.8 Å². The van der Waals surface area contributed by atoms with Crippen LogP contribution in [0.15, 0.2) is 42.5 Å². The fourth-order valence-corrected chi connectivity index (χ4v) is 5.05. The fourth-order valence-electron chi connectivity index (χ4n) is 3.69. The number of nitrogens with one attached hydrogen (secondary N) is 1. The topological polar surface area (TPSA) is 84.9 Å². The van der Waals surface area contributed by atoms with Gasteiger partial charge in [0.05, 0.1) is 19.9 Å². The number of benzene rings is 2. The molecule has 30 heavy (non-hydrogen) atoms. The van der Waals surface area contributed by atoms with E-state index < -0.39 is 5.97 Å². The number of carboxylic acids is 1. The van der Waals surface area contributed by atoms with Gasteiger partial charge < -0.3 is 19.9 Å². The molecule has 0 aliphatic carbocycles. The lowest BCUT2D eigenvalue weighted by atomic mass is 9.88. The molecule has 154 valence electrons. The molecule has 1 amide bonds. The van der Waals surface area contributed by atoms with Gasteiger partial charge in [-0.15, -0.1) is 11.3 Å². The predicted molar refractivity (Wildman–Crippen MR) is 116 cm³/mol. The number of hydrogen-bond donors (Lipinski definition) is 2. The number of carboxylic acid groups (broad SMARTS) is 1.